The van der Waals surface area contributed by atoms with E-state index in [2.05, 4.69) is 10.3 Å². The number of aromatic nitrogens is 1. The van der Waals surface area contributed by atoms with Crippen molar-refractivity contribution in [1.29, 1.82) is 0 Å². The van der Waals surface area contributed by atoms with Crippen LogP contribution in [0.4, 0.5) is 14.5 Å². The van der Waals surface area contributed by atoms with Crippen molar-refractivity contribution in [3.05, 3.63) is 90.0 Å². The van der Waals surface area contributed by atoms with Gasteiger partial charge < -0.3 is 10.3 Å². The van der Waals surface area contributed by atoms with Gasteiger partial charge in [0.05, 0.1) is 0 Å². The number of hydrogen-bond donors (Lipinski definition) is 2. The largest absolute Gasteiger partial charge is 0.355 e. The van der Waals surface area contributed by atoms with Gasteiger partial charge in [0.1, 0.15) is 11.6 Å². The quantitative estimate of drug-likeness (QED) is 0.514. The third-order valence-electron chi connectivity index (χ3n) is 4.14. The number of nitrogens with one attached hydrogen (secondary N) is 2. The molecule has 5 heteroatoms. The van der Waals surface area contributed by atoms with Crippen LogP contribution < -0.4 is 5.32 Å². The van der Waals surface area contributed by atoms with E-state index in [4.69, 9.17) is 0 Å². The molecule has 0 unspecified atom stereocenters. The Morgan fingerprint density at radius 3 is 2.23 bits per heavy atom. The van der Waals surface area contributed by atoms with Gasteiger partial charge in [-0.1, -0.05) is 12.1 Å². The van der Waals surface area contributed by atoms with Crippen molar-refractivity contribution in [2.24, 2.45) is 0 Å². The van der Waals surface area contributed by atoms with E-state index in [1.54, 1.807) is 18.2 Å². The first-order valence-corrected chi connectivity index (χ1v) is 8.04. The van der Waals surface area contributed by atoms with Gasteiger partial charge in [-0.25, -0.2) is 8.78 Å². The summed E-state index contributed by atoms with van der Waals surface area (Å²) < 4.78 is 26.2. The van der Waals surface area contributed by atoms with Crippen molar-refractivity contribution in [2.45, 2.75) is 0 Å². The molecule has 128 valence electrons. The Kier molecular flexibility index (Phi) is 3.97. The van der Waals surface area contributed by atoms with E-state index >= 15 is 0 Å². The first kappa shape index (κ1) is 16.0. The van der Waals surface area contributed by atoms with Crippen LogP contribution in [0.2, 0.25) is 0 Å². The van der Waals surface area contributed by atoms with E-state index in [-0.39, 0.29) is 17.5 Å². The summed E-state index contributed by atoms with van der Waals surface area (Å²) in [4.78, 5) is 15.4. The highest BCUT2D eigenvalue weighted by atomic mass is 19.1. The van der Waals surface area contributed by atoms with Crippen LogP contribution in [0.1, 0.15) is 10.4 Å². The van der Waals surface area contributed by atoms with Gasteiger partial charge in [-0.15, -0.1) is 0 Å². The Labute approximate surface area is 148 Å². The van der Waals surface area contributed by atoms with Crippen molar-refractivity contribution < 1.29 is 13.6 Å². The number of fused-ring (bicyclic) bond motifs is 1. The molecule has 1 amide bonds. The summed E-state index contributed by atoms with van der Waals surface area (Å²) in [6.45, 7) is 0. The number of H-pyrrole nitrogens is 1. The van der Waals surface area contributed by atoms with Crippen molar-refractivity contribution in [3.63, 3.8) is 0 Å². The first-order chi connectivity index (χ1) is 12.6. The van der Waals surface area contributed by atoms with E-state index in [9.17, 15) is 13.6 Å². The van der Waals surface area contributed by atoms with Crippen LogP contribution in [-0.4, -0.2) is 10.9 Å². The minimum atomic E-state index is -0.385. The van der Waals surface area contributed by atoms with Gasteiger partial charge in [-0.05, 0) is 66.2 Å². The van der Waals surface area contributed by atoms with Gasteiger partial charge in [0.15, 0.2) is 0 Å². The number of halogens is 2. The normalized spacial score (nSPS) is 10.8. The molecular weight excluding hydrogens is 334 g/mol. The van der Waals surface area contributed by atoms with Crippen molar-refractivity contribution >= 4 is 22.5 Å². The van der Waals surface area contributed by atoms with E-state index in [1.165, 1.54) is 36.4 Å². The highest BCUT2D eigenvalue weighted by molar-refractivity contribution is 6.04. The molecule has 1 aromatic heterocycles. The zero-order valence-electron chi connectivity index (χ0n) is 13.6. The lowest BCUT2D eigenvalue weighted by Gasteiger charge is -2.06. The Hall–Kier alpha value is -3.47. The second kappa shape index (κ2) is 6.44. The summed E-state index contributed by atoms with van der Waals surface area (Å²) in [7, 11) is 0. The Balaban J connectivity index is 1.54. The van der Waals surface area contributed by atoms with Crippen LogP contribution >= 0.6 is 0 Å². The van der Waals surface area contributed by atoms with Crippen LogP contribution in [0.3, 0.4) is 0 Å². The summed E-state index contributed by atoms with van der Waals surface area (Å²) in [6.07, 6.45) is 0. The van der Waals surface area contributed by atoms with Gasteiger partial charge in [0.25, 0.3) is 5.91 Å². The van der Waals surface area contributed by atoms with Crippen LogP contribution in [0.15, 0.2) is 72.8 Å². The minimum Gasteiger partial charge on any atom is -0.355 e. The van der Waals surface area contributed by atoms with Gasteiger partial charge >= 0.3 is 0 Å². The molecule has 0 saturated carbocycles. The third-order valence-corrected chi connectivity index (χ3v) is 4.14. The predicted octanol–water partition coefficient (Wildman–Crippen LogP) is 5.37. The maximum atomic E-state index is 13.3. The summed E-state index contributed by atoms with van der Waals surface area (Å²) in [6, 6.07) is 19.1. The molecule has 0 aliphatic heterocycles. The molecule has 0 aliphatic carbocycles. The number of amides is 1. The molecule has 0 bridgehead atoms. The molecule has 0 saturated heterocycles. The van der Waals surface area contributed by atoms with Gasteiger partial charge in [-0.3, -0.25) is 4.79 Å². The monoisotopic (exact) mass is 348 g/mol. The first-order valence-electron chi connectivity index (χ1n) is 8.04. The number of hydrogen-bond acceptors (Lipinski definition) is 1. The molecule has 4 aromatic rings. The SMILES string of the molecule is O=C(Nc1ccc(-c2cc3cc(F)ccc3[nH]2)cc1)c1ccc(F)cc1. The number of carbonyl (C=O) groups excluding carboxylic acids is 1. The van der Waals surface area contributed by atoms with Gasteiger partial charge in [-0.2, -0.15) is 0 Å². The molecule has 3 aromatic carbocycles. The van der Waals surface area contributed by atoms with Gasteiger partial charge in [0.2, 0.25) is 0 Å². The number of carbonyl (C=O) groups is 1. The van der Waals surface area contributed by atoms with Crippen LogP contribution in [-0.2, 0) is 0 Å². The van der Waals surface area contributed by atoms with Crippen LogP contribution in [0, 0.1) is 11.6 Å². The summed E-state index contributed by atoms with van der Waals surface area (Å²) >= 11 is 0. The van der Waals surface area contributed by atoms with E-state index in [0.29, 0.717) is 11.3 Å². The fourth-order valence-electron chi connectivity index (χ4n) is 2.80. The van der Waals surface area contributed by atoms with Gasteiger partial charge in [0, 0.05) is 27.8 Å². The Morgan fingerprint density at radius 1 is 0.808 bits per heavy atom. The lowest BCUT2D eigenvalue weighted by Crippen LogP contribution is -2.11. The zero-order chi connectivity index (χ0) is 18.1. The summed E-state index contributed by atoms with van der Waals surface area (Å²) in [5, 5.41) is 3.57. The smallest absolute Gasteiger partial charge is 0.255 e. The standard InChI is InChI=1S/C21H14F2N2O/c22-16-5-1-14(2-6-16)21(26)24-18-8-3-13(4-9-18)20-12-15-11-17(23)7-10-19(15)25-20/h1-12,25H,(H,24,26). The molecule has 26 heavy (non-hydrogen) atoms. The van der Waals surface area contributed by atoms with Crippen LogP contribution in [0.5, 0.6) is 0 Å². The fourth-order valence-corrected chi connectivity index (χ4v) is 2.80. The highest BCUT2D eigenvalue weighted by Crippen LogP contribution is 2.26. The molecule has 0 aliphatic rings. The molecule has 0 fully saturated rings. The van der Waals surface area contributed by atoms with Crippen molar-refractivity contribution in [3.8, 4) is 11.3 Å². The summed E-state index contributed by atoms with van der Waals surface area (Å²) in [5.74, 6) is -0.968. The molecule has 4 rings (SSSR count). The number of benzene rings is 3. The molecule has 0 radical (unpaired) electrons. The van der Waals surface area contributed by atoms with E-state index in [0.717, 1.165) is 22.2 Å². The van der Waals surface area contributed by atoms with E-state index < -0.39 is 0 Å². The zero-order valence-corrected chi connectivity index (χ0v) is 13.6. The second-order valence-corrected chi connectivity index (χ2v) is 5.95. The lowest BCUT2D eigenvalue weighted by molar-refractivity contribution is 0.102. The molecule has 1 heterocycles. The topological polar surface area (TPSA) is 44.9 Å². The maximum Gasteiger partial charge on any atom is 0.255 e. The number of anilines is 1. The molecule has 0 spiro atoms. The highest BCUT2D eigenvalue weighted by Gasteiger charge is 2.08. The van der Waals surface area contributed by atoms with Crippen molar-refractivity contribution in [1.82, 2.24) is 4.98 Å². The summed E-state index contributed by atoms with van der Waals surface area (Å²) in [5.41, 5.74) is 3.65. The van der Waals surface area contributed by atoms with Crippen LogP contribution in [0.25, 0.3) is 22.2 Å². The Morgan fingerprint density at radius 2 is 1.50 bits per heavy atom. The second-order valence-electron chi connectivity index (χ2n) is 5.95. The number of aromatic amines is 1. The predicted molar refractivity (Wildman–Crippen MR) is 98.0 cm³/mol. The fraction of sp³-hybridized carbons (Fsp3) is 0. The molecule has 2 N–H and O–H groups in total. The van der Waals surface area contributed by atoms with E-state index in [1.807, 2.05) is 18.2 Å². The maximum absolute atomic E-state index is 13.3. The average molecular weight is 348 g/mol. The Bertz CT molecular complexity index is 1080. The molecular formula is C21H14F2N2O. The third kappa shape index (κ3) is 3.19. The number of rotatable bonds is 3. The lowest BCUT2D eigenvalue weighted by atomic mass is 10.1. The van der Waals surface area contributed by atoms with Crippen molar-refractivity contribution in [2.75, 3.05) is 5.32 Å². The minimum absolute atomic E-state index is 0.276. The molecule has 0 atom stereocenters. The molecule has 3 nitrogen and oxygen atoms in total. The average Bonchev–Trinajstić information content (AvgIpc) is 3.06.